The van der Waals surface area contributed by atoms with Crippen molar-refractivity contribution in [2.24, 2.45) is 0 Å². The van der Waals surface area contributed by atoms with Gasteiger partial charge >= 0.3 is 6.18 Å². The van der Waals surface area contributed by atoms with Crippen molar-refractivity contribution in [3.63, 3.8) is 0 Å². The Bertz CT molecular complexity index is 578. The van der Waals surface area contributed by atoms with Gasteiger partial charge in [0.25, 0.3) is 0 Å². The van der Waals surface area contributed by atoms with Gasteiger partial charge in [-0.1, -0.05) is 12.1 Å². The first-order chi connectivity index (χ1) is 9.70. The lowest BCUT2D eigenvalue weighted by atomic mass is 10.1. The summed E-state index contributed by atoms with van der Waals surface area (Å²) in [6.07, 6.45) is -4.63. The topological polar surface area (TPSA) is 49.4 Å². The number of nitrogens with one attached hydrogen (secondary N) is 1. The summed E-state index contributed by atoms with van der Waals surface area (Å²) in [6, 6.07) is 4.76. The van der Waals surface area contributed by atoms with Crippen LogP contribution < -0.4 is 5.32 Å². The molecule has 1 atom stereocenters. The van der Waals surface area contributed by atoms with Crippen LogP contribution in [0.1, 0.15) is 12.0 Å². The Kier molecular flexibility index (Phi) is 4.60. The third-order valence-electron chi connectivity index (χ3n) is 3.55. The van der Waals surface area contributed by atoms with Crippen LogP contribution >= 0.6 is 0 Å². The first-order valence-corrected chi connectivity index (χ1v) is 7.98. The minimum absolute atomic E-state index is 0.0165. The molecule has 0 amide bonds. The fourth-order valence-corrected chi connectivity index (χ4v) is 3.71. The van der Waals surface area contributed by atoms with Crippen molar-refractivity contribution < 1.29 is 21.6 Å². The van der Waals surface area contributed by atoms with Gasteiger partial charge in [0, 0.05) is 19.6 Å². The van der Waals surface area contributed by atoms with Crippen molar-refractivity contribution in [2.75, 3.05) is 20.1 Å². The summed E-state index contributed by atoms with van der Waals surface area (Å²) in [5.74, 6) is 0. The van der Waals surface area contributed by atoms with Crippen LogP contribution in [0.15, 0.2) is 29.2 Å². The maximum Gasteiger partial charge on any atom is 0.393 e. The van der Waals surface area contributed by atoms with E-state index in [1.165, 1.54) is 35.6 Å². The van der Waals surface area contributed by atoms with E-state index >= 15 is 0 Å². The molecule has 4 nitrogen and oxygen atoms in total. The predicted octanol–water partition coefficient (Wildman–Crippen LogP) is 1.77. The Balaban J connectivity index is 2.16. The van der Waals surface area contributed by atoms with E-state index in [1.54, 1.807) is 0 Å². The van der Waals surface area contributed by atoms with E-state index in [2.05, 4.69) is 5.32 Å². The van der Waals surface area contributed by atoms with E-state index in [-0.39, 0.29) is 16.5 Å². The molecular weight excluding hydrogens is 305 g/mol. The Morgan fingerprint density at radius 1 is 1.29 bits per heavy atom. The van der Waals surface area contributed by atoms with Crippen molar-refractivity contribution in [1.82, 2.24) is 9.62 Å². The second-order valence-electron chi connectivity index (χ2n) is 5.10. The fourth-order valence-electron chi connectivity index (χ4n) is 2.32. The number of halogens is 3. The van der Waals surface area contributed by atoms with Gasteiger partial charge < -0.3 is 5.32 Å². The Hall–Kier alpha value is -1.12. The molecule has 1 heterocycles. The summed E-state index contributed by atoms with van der Waals surface area (Å²) < 4.78 is 62.9. The highest BCUT2D eigenvalue weighted by Gasteiger charge is 2.31. The molecule has 0 saturated carbocycles. The molecule has 1 N–H and O–H groups in total. The Labute approximate surface area is 122 Å². The maximum absolute atomic E-state index is 12.4. The zero-order chi connectivity index (χ0) is 15.7. The molecule has 8 heteroatoms. The van der Waals surface area contributed by atoms with Crippen LogP contribution in [0.5, 0.6) is 0 Å². The lowest BCUT2D eigenvalue weighted by Gasteiger charge is -2.23. The van der Waals surface area contributed by atoms with Crippen LogP contribution in [0, 0.1) is 0 Å². The molecule has 1 aliphatic rings. The van der Waals surface area contributed by atoms with Crippen LogP contribution in [0.4, 0.5) is 13.2 Å². The van der Waals surface area contributed by atoms with E-state index in [1.807, 2.05) is 0 Å². The second kappa shape index (κ2) is 5.94. The average molecular weight is 322 g/mol. The predicted molar refractivity (Wildman–Crippen MR) is 72.4 cm³/mol. The second-order valence-corrected chi connectivity index (χ2v) is 7.10. The molecule has 118 valence electrons. The smallest absolute Gasteiger partial charge is 0.315 e. The van der Waals surface area contributed by atoms with Crippen molar-refractivity contribution in [3.8, 4) is 0 Å². The summed E-state index contributed by atoms with van der Waals surface area (Å²) in [6.45, 7) is 1.34. The zero-order valence-electron chi connectivity index (χ0n) is 11.5. The van der Waals surface area contributed by atoms with Crippen LogP contribution in [0.25, 0.3) is 0 Å². The van der Waals surface area contributed by atoms with Crippen molar-refractivity contribution in [3.05, 3.63) is 29.8 Å². The van der Waals surface area contributed by atoms with Crippen LogP contribution in [0.2, 0.25) is 0 Å². The van der Waals surface area contributed by atoms with E-state index in [0.29, 0.717) is 6.54 Å². The third kappa shape index (κ3) is 3.96. The SMILES string of the molecule is CN(C1CCNC1)S(=O)(=O)c1ccc(CC(F)(F)F)cc1. The normalized spacial score (nSPS) is 20.1. The van der Waals surface area contributed by atoms with Crippen LogP contribution in [-0.4, -0.2) is 45.1 Å². The van der Waals surface area contributed by atoms with E-state index in [9.17, 15) is 21.6 Å². The van der Waals surface area contributed by atoms with Gasteiger partial charge in [-0.25, -0.2) is 8.42 Å². The molecule has 0 radical (unpaired) electrons. The molecule has 0 aromatic heterocycles. The molecule has 1 aliphatic heterocycles. The molecule has 21 heavy (non-hydrogen) atoms. The molecule has 1 unspecified atom stereocenters. The van der Waals surface area contributed by atoms with Gasteiger partial charge in [0.05, 0.1) is 11.3 Å². The standard InChI is InChI=1S/C13H17F3N2O2S/c1-18(11-6-7-17-9-11)21(19,20)12-4-2-10(3-5-12)8-13(14,15)16/h2-5,11,17H,6-9H2,1H3. The van der Waals surface area contributed by atoms with Gasteiger partial charge in [0.15, 0.2) is 0 Å². The average Bonchev–Trinajstić information content (AvgIpc) is 2.90. The van der Waals surface area contributed by atoms with E-state index in [4.69, 9.17) is 0 Å². The molecule has 1 aromatic rings. The largest absolute Gasteiger partial charge is 0.393 e. The number of alkyl halides is 3. The number of rotatable bonds is 4. The minimum atomic E-state index is -4.30. The molecule has 0 spiro atoms. The molecule has 1 aromatic carbocycles. The molecular formula is C13H17F3N2O2S. The van der Waals surface area contributed by atoms with Gasteiger partial charge in [-0.15, -0.1) is 0 Å². The summed E-state index contributed by atoms with van der Waals surface area (Å²) in [5.41, 5.74) is 0.0478. The highest BCUT2D eigenvalue weighted by atomic mass is 32.2. The number of sulfonamides is 1. The summed E-state index contributed by atoms with van der Waals surface area (Å²) in [5, 5.41) is 3.08. The highest BCUT2D eigenvalue weighted by molar-refractivity contribution is 7.89. The van der Waals surface area contributed by atoms with E-state index < -0.39 is 22.6 Å². The van der Waals surface area contributed by atoms with Crippen LogP contribution in [0.3, 0.4) is 0 Å². The lowest BCUT2D eigenvalue weighted by Crippen LogP contribution is -2.38. The number of nitrogens with zero attached hydrogens (tertiary/aromatic N) is 1. The Morgan fingerprint density at radius 2 is 1.90 bits per heavy atom. The molecule has 1 saturated heterocycles. The molecule has 2 rings (SSSR count). The van der Waals surface area contributed by atoms with Crippen LogP contribution in [-0.2, 0) is 16.4 Å². The van der Waals surface area contributed by atoms with Gasteiger partial charge in [0.1, 0.15) is 0 Å². The van der Waals surface area contributed by atoms with Crippen molar-refractivity contribution in [1.29, 1.82) is 0 Å². The van der Waals surface area contributed by atoms with E-state index in [0.717, 1.165) is 13.0 Å². The summed E-state index contributed by atoms with van der Waals surface area (Å²) in [4.78, 5) is 0.0165. The molecule has 0 bridgehead atoms. The zero-order valence-corrected chi connectivity index (χ0v) is 12.3. The Morgan fingerprint density at radius 3 is 2.38 bits per heavy atom. The number of hydrogen-bond acceptors (Lipinski definition) is 3. The van der Waals surface area contributed by atoms with Gasteiger partial charge in [-0.2, -0.15) is 17.5 Å². The third-order valence-corrected chi connectivity index (χ3v) is 5.48. The maximum atomic E-state index is 12.4. The fraction of sp³-hybridized carbons (Fsp3) is 0.538. The summed E-state index contributed by atoms with van der Waals surface area (Å²) in [7, 11) is -2.17. The number of likely N-dealkylation sites (N-methyl/N-ethyl adjacent to an activating group) is 1. The van der Waals surface area contributed by atoms with Crippen molar-refractivity contribution >= 4 is 10.0 Å². The monoisotopic (exact) mass is 322 g/mol. The van der Waals surface area contributed by atoms with Gasteiger partial charge in [-0.3, -0.25) is 0 Å². The first-order valence-electron chi connectivity index (χ1n) is 6.54. The number of benzene rings is 1. The lowest BCUT2D eigenvalue weighted by molar-refractivity contribution is -0.127. The first kappa shape index (κ1) is 16.3. The number of hydrogen-bond donors (Lipinski definition) is 1. The summed E-state index contributed by atoms with van der Waals surface area (Å²) >= 11 is 0. The highest BCUT2D eigenvalue weighted by Crippen LogP contribution is 2.24. The van der Waals surface area contributed by atoms with Gasteiger partial charge in [0.2, 0.25) is 10.0 Å². The molecule has 0 aliphatic carbocycles. The quantitative estimate of drug-likeness (QED) is 0.919. The molecule has 1 fully saturated rings. The van der Waals surface area contributed by atoms with Crippen molar-refractivity contribution in [2.45, 2.75) is 30.0 Å². The minimum Gasteiger partial charge on any atom is -0.315 e. The van der Waals surface area contributed by atoms with Gasteiger partial charge in [-0.05, 0) is 30.7 Å².